The van der Waals surface area contributed by atoms with Crippen molar-refractivity contribution in [3.8, 4) is 0 Å². The van der Waals surface area contributed by atoms with Gasteiger partial charge in [0.05, 0.1) is 10.6 Å². The molecule has 0 bridgehead atoms. The van der Waals surface area contributed by atoms with E-state index < -0.39 is 18.0 Å². The van der Waals surface area contributed by atoms with Crippen LogP contribution in [0.3, 0.4) is 0 Å². The molecular formula is C19H19Cl2NO3. The van der Waals surface area contributed by atoms with Crippen LogP contribution in [0.4, 0.5) is 5.69 Å². The summed E-state index contributed by atoms with van der Waals surface area (Å²) in [5, 5.41) is 3.39. The number of nitrogens with one attached hydrogen (secondary N) is 1. The van der Waals surface area contributed by atoms with Crippen LogP contribution in [0.2, 0.25) is 10.0 Å². The molecule has 0 heterocycles. The molecule has 0 aromatic heterocycles. The summed E-state index contributed by atoms with van der Waals surface area (Å²) in [4.78, 5) is 24.6. The molecule has 1 atom stereocenters. The molecule has 0 spiro atoms. The second-order valence-corrected chi connectivity index (χ2v) is 6.78. The first-order valence-electron chi connectivity index (χ1n) is 7.73. The number of aryl methyl sites for hydroxylation is 3. The quantitative estimate of drug-likeness (QED) is 0.751. The van der Waals surface area contributed by atoms with Gasteiger partial charge in [-0.25, -0.2) is 4.79 Å². The van der Waals surface area contributed by atoms with Crippen LogP contribution < -0.4 is 5.32 Å². The van der Waals surface area contributed by atoms with E-state index in [4.69, 9.17) is 27.9 Å². The van der Waals surface area contributed by atoms with Crippen molar-refractivity contribution < 1.29 is 14.3 Å². The number of benzene rings is 2. The summed E-state index contributed by atoms with van der Waals surface area (Å²) in [6.07, 6.45) is -0.984. The molecule has 2 aromatic carbocycles. The van der Waals surface area contributed by atoms with Crippen LogP contribution in [0.5, 0.6) is 0 Å². The molecular weight excluding hydrogens is 361 g/mol. The number of carbonyl (C=O) groups excluding carboxylic acids is 2. The second-order valence-electron chi connectivity index (χ2n) is 5.93. The molecule has 0 aliphatic heterocycles. The lowest BCUT2D eigenvalue weighted by Gasteiger charge is -2.17. The highest BCUT2D eigenvalue weighted by Gasteiger charge is 2.22. The topological polar surface area (TPSA) is 55.4 Å². The Morgan fingerprint density at radius 3 is 2.24 bits per heavy atom. The third-order valence-electron chi connectivity index (χ3n) is 3.73. The van der Waals surface area contributed by atoms with E-state index in [-0.39, 0.29) is 10.6 Å². The number of esters is 1. The van der Waals surface area contributed by atoms with Gasteiger partial charge in [0.2, 0.25) is 0 Å². The molecule has 0 fully saturated rings. The minimum absolute atomic E-state index is 0.122. The minimum atomic E-state index is -0.984. The number of ether oxygens (including phenoxy) is 1. The molecule has 0 radical (unpaired) electrons. The van der Waals surface area contributed by atoms with Gasteiger partial charge in [0.25, 0.3) is 5.91 Å². The number of anilines is 1. The first-order valence-corrected chi connectivity index (χ1v) is 8.49. The smallest absolute Gasteiger partial charge is 0.340 e. The lowest BCUT2D eigenvalue weighted by atomic mass is 10.0. The normalized spacial score (nSPS) is 11.8. The van der Waals surface area contributed by atoms with Gasteiger partial charge < -0.3 is 10.1 Å². The first kappa shape index (κ1) is 19.3. The van der Waals surface area contributed by atoms with Crippen LogP contribution in [0, 0.1) is 20.8 Å². The van der Waals surface area contributed by atoms with Gasteiger partial charge in [0.15, 0.2) is 6.10 Å². The summed E-state index contributed by atoms with van der Waals surface area (Å²) in [5.74, 6) is -1.12. The lowest BCUT2D eigenvalue weighted by molar-refractivity contribution is -0.123. The monoisotopic (exact) mass is 379 g/mol. The molecule has 0 aliphatic rings. The van der Waals surface area contributed by atoms with Crippen molar-refractivity contribution in [1.82, 2.24) is 0 Å². The summed E-state index contributed by atoms with van der Waals surface area (Å²) in [6.45, 7) is 7.32. The fraction of sp³-hybridized carbons (Fsp3) is 0.263. The van der Waals surface area contributed by atoms with E-state index in [1.807, 2.05) is 32.9 Å². The summed E-state index contributed by atoms with van der Waals surface area (Å²) < 4.78 is 5.22. The van der Waals surface area contributed by atoms with E-state index in [0.29, 0.717) is 5.02 Å². The minimum Gasteiger partial charge on any atom is -0.449 e. The number of hydrogen-bond acceptors (Lipinski definition) is 3. The molecule has 25 heavy (non-hydrogen) atoms. The van der Waals surface area contributed by atoms with Crippen molar-refractivity contribution in [3.63, 3.8) is 0 Å². The standard InChI is InChI=1S/C19H19Cl2NO3/c1-10-7-11(2)17(12(3)8-10)22-18(23)13(4)25-19(24)15-9-14(20)5-6-16(15)21/h5-9,13H,1-4H3,(H,22,23)/t13-/m0/s1. The summed E-state index contributed by atoms with van der Waals surface area (Å²) in [5.41, 5.74) is 3.85. The molecule has 6 heteroatoms. The van der Waals surface area contributed by atoms with Crippen molar-refractivity contribution in [1.29, 1.82) is 0 Å². The zero-order chi connectivity index (χ0) is 18.7. The third-order valence-corrected chi connectivity index (χ3v) is 4.29. The predicted octanol–water partition coefficient (Wildman–Crippen LogP) is 5.10. The van der Waals surface area contributed by atoms with Gasteiger partial charge in [-0.3, -0.25) is 4.79 Å². The molecule has 2 rings (SSSR count). The Hall–Kier alpha value is -2.04. The molecule has 132 valence electrons. The molecule has 0 aliphatic carbocycles. The largest absolute Gasteiger partial charge is 0.449 e. The van der Waals surface area contributed by atoms with Crippen LogP contribution >= 0.6 is 23.2 Å². The van der Waals surface area contributed by atoms with Gasteiger partial charge in [-0.1, -0.05) is 40.9 Å². The van der Waals surface area contributed by atoms with Gasteiger partial charge in [-0.2, -0.15) is 0 Å². The summed E-state index contributed by atoms with van der Waals surface area (Å²) >= 11 is 11.8. The average molecular weight is 380 g/mol. The highest BCUT2D eigenvalue weighted by atomic mass is 35.5. The Labute approximate surface area is 157 Å². The number of rotatable bonds is 4. The van der Waals surface area contributed by atoms with Gasteiger partial charge in [-0.05, 0) is 57.0 Å². The molecule has 0 saturated carbocycles. The van der Waals surface area contributed by atoms with Crippen molar-refractivity contribution in [2.45, 2.75) is 33.8 Å². The van der Waals surface area contributed by atoms with Gasteiger partial charge >= 0.3 is 5.97 Å². The van der Waals surface area contributed by atoms with Crippen LogP contribution in [0.25, 0.3) is 0 Å². The van der Waals surface area contributed by atoms with E-state index in [0.717, 1.165) is 22.4 Å². The molecule has 1 N–H and O–H groups in total. The van der Waals surface area contributed by atoms with Gasteiger partial charge in [0, 0.05) is 10.7 Å². The maximum atomic E-state index is 12.4. The Morgan fingerprint density at radius 2 is 1.64 bits per heavy atom. The van der Waals surface area contributed by atoms with Crippen LogP contribution in [-0.4, -0.2) is 18.0 Å². The highest BCUT2D eigenvalue weighted by molar-refractivity contribution is 6.35. The fourth-order valence-corrected chi connectivity index (χ4v) is 2.90. The van der Waals surface area contributed by atoms with E-state index in [2.05, 4.69) is 5.32 Å². The van der Waals surface area contributed by atoms with Crippen molar-refractivity contribution in [2.75, 3.05) is 5.32 Å². The van der Waals surface area contributed by atoms with Crippen LogP contribution in [0.1, 0.15) is 34.0 Å². The van der Waals surface area contributed by atoms with Gasteiger partial charge in [0.1, 0.15) is 0 Å². The third kappa shape index (κ3) is 4.74. The first-order chi connectivity index (χ1) is 11.7. The Bertz CT molecular complexity index is 810. The van der Waals surface area contributed by atoms with Crippen molar-refractivity contribution in [2.24, 2.45) is 0 Å². The number of amides is 1. The maximum absolute atomic E-state index is 12.4. The predicted molar refractivity (Wildman–Crippen MR) is 101 cm³/mol. The van der Waals surface area contributed by atoms with E-state index >= 15 is 0 Å². The SMILES string of the molecule is Cc1cc(C)c(NC(=O)[C@H](C)OC(=O)c2cc(Cl)ccc2Cl)c(C)c1. The molecule has 1 amide bonds. The fourth-order valence-electron chi connectivity index (χ4n) is 2.53. The second kappa shape index (κ2) is 7.89. The summed E-state index contributed by atoms with van der Waals surface area (Å²) in [7, 11) is 0. The molecule has 0 unspecified atom stereocenters. The summed E-state index contributed by atoms with van der Waals surface area (Å²) in [6, 6.07) is 8.44. The Kier molecular flexibility index (Phi) is 6.09. The van der Waals surface area contributed by atoms with E-state index in [1.54, 1.807) is 6.07 Å². The van der Waals surface area contributed by atoms with E-state index in [9.17, 15) is 9.59 Å². The Morgan fingerprint density at radius 1 is 1.04 bits per heavy atom. The zero-order valence-electron chi connectivity index (χ0n) is 14.4. The maximum Gasteiger partial charge on any atom is 0.340 e. The molecule has 4 nitrogen and oxygen atoms in total. The number of halogens is 2. The molecule has 2 aromatic rings. The van der Waals surface area contributed by atoms with Gasteiger partial charge in [-0.15, -0.1) is 0 Å². The lowest BCUT2D eigenvalue weighted by Crippen LogP contribution is -2.30. The van der Waals surface area contributed by atoms with E-state index in [1.165, 1.54) is 19.1 Å². The number of carbonyl (C=O) groups is 2. The van der Waals surface area contributed by atoms with Crippen molar-refractivity contribution >= 4 is 40.8 Å². The highest BCUT2D eigenvalue weighted by Crippen LogP contribution is 2.24. The van der Waals surface area contributed by atoms with Crippen LogP contribution in [0.15, 0.2) is 30.3 Å². The molecule has 0 saturated heterocycles. The zero-order valence-corrected chi connectivity index (χ0v) is 16.0. The Balaban J connectivity index is 2.10. The number of hydrogen-bond donors (Lipinski definition) is 1. The average Bonchev–Trinajstić information content (AvgIpc) is 2.52. The van der Waals surface area contributed by atoms with Crippen LogP contribution in [-0.2, 0) is 9.53 Å². The van der Waals surface area contributed by atoms with Crippen molar-refractivity contribution in [3.05, 3.63) is 62.6 Å².